The summed E-state index contributed by atoms with van der Waals surface area (Å²) >= 11 is 0. The minimum absolute atomic E-state index is 0.465. The van der Waals surface area contributed by atoms with E-state index in [4.69, 9.17) is 4.42 Å². The van der Waals surface area contributed by atoms with Crippen molar-refractivity contribution in [3.05, 3.63) is 47.2 Å². The predicted octanol–water partition coefficient (Wildman–Crippen LogP) is 4.77. The Kier molecular flexibility index (Phi) is 4.73. The van der Waals surface area contributed by atoms with Crippen LogP contribution in [0.25, 0.3) is 11.3 Å². The summed E-state index contributed by atoms with van der Waals surface area (Å²) in [5.41, 5.74) is 0.571. The number of halogens is 3. The third kappa shape index (κ3) is 3.88. The second kappa shape index (κ2) is 6.35. The molecule has 1 aromatic carbocycles. The summed E-state index contributed by atoms with van der Waals surface area (Å²) in [5, 5.41) is 3.19. The Labute approximate surface area is 122 Å². The molecular formula is C16H18F3NO. The van der Waals surface area contributed by atoms with Gasteiger partial charge in [0.15, 0.2) is 0 Å². The lowest BCUT2D eigenvalue weighted by atomic mass is 10.0. The number of alkyl halides is 3. The molecule has 1 aromatic heterocycles. The van der Waals surface area contributed by atoms with Crippen LogP contribution < -0.4 is 5.32 Å². The first-order valence-electron chi connectivity index (χ1n) is 6.89. The van der Waals surface area contributed by atoms with Crippen molar-refractivity contribution >= 4 is 0 Å². The zero-order valence-corrected chi connectivity index (χ0v) is 12.1. The Morgan fingerprint density at radius 1 is 1.14 bits per heavy atom. The number of aryl methyl sites for hydroxylation is 1. The fourth-order valence-corrected chi connectivity index (χ4v) is 2.07. The standard InChI is InChI=1S/C16H18F3NO/c1-3-8-20-10-13-6-7-15(21-13)14-9-12(16(17,18)19)5-4-11(14)2/h4-7,9,20H,3,8,10H2,1-2H3. The van der Waals surface area contributed by atoms with Gasteiger partial charge in [0.25, 0.3) is 0 Å². The van der Waals surface area contributed by atoms with E-state index >= 15 is 0 Å². The van der Waals surface area contributed by atoms with E-state index in [1.165, 1.54) is 6.07 Å². The van der Waals surface area contributed by atoms with Gasteiger partial charge in [0.1, 0.15) is 11.5 Å². The average Bonchev–Trinajstić information content (AvgIpc) is 2.87. The maximum atomic E-state index is 12.8. The van der Waals surface area contributed by atoms with E-state index < -0.39 is 11.7 Å². The molecule has 0 amide bonds. The SMILES string of the molecule is CCCNCc1ccc(-c2cc(C(F)(F)F)ccc2C)o1. The number of benzene rings is 1. The molecule has 21 heavy (non-hydrogen) atoms. The highest BCUT2D eigenvalue weighted by molar-refractivity contribution is 5.63. The van der Waals surface area contributed by atoms with E-state index in [0.717, 1.165) is 36.4 Å². The maximum Gasteiger partial charge on any atom is 0.416 e. The van der Waals surface area contributed by atoms with Crippen LogP contribution >= 0.6 is 0 Å². The van der Waals surface area contributed by atoms with Crippen molar-refractivity contribution in [3.63, 3.8) is 0 Å². The maximum absolute atomic E-state index is 12.8. The first-order chi connectivity index (χ1) is 9.91. The highest BCUT2D eigenvalue weighted by atomic mass is 19.4. The molecule has 0 unspecified atom stereocenters. The number of hydrogen-bond acceptors (Lipinski definition) is 2. The first-order valence-corrected chi connectivity index (χ1v) is 6.89. The van der Waals surface area contributed by atoms with Crippen molar-refractivity contribution in [1.29, 1.82) is 0 Å². The lowest BCUT2D eigenvalue weighted by molar-refractivity contribution is -0.137. The summed E-state index contributed by atoms with van der Waals surface area (Å²) in [6.07, 6.45) is -3.33. The predicted molar refractivity (Wildman–Crippen MR) is 75.9 cm³/mol. The molecular weight excluding hydrogens is 279 g/mol. The Balaban J connectivity index is 2.25. The van der Waals surface area contributed by atoms with Crippen LogP contribution in [0.4, 0.5) is 13.2 Å². The van der Waals surface area contributed by atoms with Gasteiger partial charge in [-0.2, -0.15) is 13.2 Å². The third-order valence-corrected chi connectivity index (χ3v) is 3.22. The minimum atomic E-state index is -4.35. The van der Waals surface area contributed by atoms with Crippen molar-refractivity contribution in [2.24, 2.45) is 0 Å². The molecule has 2 rings (SSSR count). The van der Waals surface area contributed by atoms with Gasteiger partial charge in [0, 0.05) is 5.56 Å². The molecule has 0 radical (unpaired) electrons. The van der Waals surface area contributed by atoms with Gasteiger partial charge in [-0.1, -0.05) is 13.0 Å². The molecule has 0 aliphatic carbocycles. The monoisotopic (exact) mass is 297 g/mol. The van der Waals surface area contributed by atoms with Crippen molar-refractivity contribution in [2.75, 3.05) is 6.54 Å². The van der Waals surface area contributed by atoms with Crippen LogP contribution in [0.2, 0.25) is 0 Å². The Morgan fingerprint density at radius 3 is 2.57 bits per heavy atom. The highest BCUT2D eigenvalue weighted by Gasteiger charge is 2.31. The molecule has 2 aromatic rings. The lowest BCUT2D eigenvalue weighted by Crippen LogP contribution is -2.12. The van der Waals surface area contributed by atoms with Crippen molar-refractivity contribution in [2.45, 2.75) is 33.0 Å². The fraction of sp³-hybridized carbons (Fsp3) is 0.375. The van der Waals surface area contributed by atoms with E-state index in [9.17, 15) is 13.2 Å². The van der Waals surface area contributed by atoms with Gasteiger partial charge < -0.3 is 9.73 Å². The van der Waals surface area contributed by atoms with Crippen LogP contribution in [0, 0.1) is 6.92 Å². The van der Waals surface area contributed by atoms with E-state index in [-0.39, 0.29) is 0 Å². The van der Waals surface area contributed by atoms with Gasteiger partial charge in [-0.05, 0) is 49.7 Å². The number of rotatable bonds is 5. The first kappa shape index (κ1) is 15.6. The summed E-state index contributed by atoms with van der Waals surface area (Å²) < 4.78 is 44.0. The molecule has 5 heteroatoms. The summed E-state index contributed by atoms with van der Waals surface area (Å²) in [5.74, 6) is 1.18. The zero-order chi connectivity index (χ0) is 15.5. The quantitative estimate of drug-likeness (QED) is 0.804. The summed E-state index contributed by atoms with van der Waals surface area (Å²) in [6, 6.07) is 7.20. The second-order valence-electron chi connectivity index (χ2n) is 4.97. The third-order valence-electron chi connectivity index (χ3n) is 3.22. The van der Waals surface area contributed by atoms with Gasteiger partial charge in [-0.25, -0.2) is 0 Å². The normalized spacial score (nSPS) is 11.9. The molecule has 0 aliphatic heterocycles. The smallest absolute Gasteiger partial charge is 0.416 e. The summed E-state index contributed by atoms with van der Waals surface area (Å²) in [6.45, 7) is 5.28. The summed E-state index contributed by atoms with van der Waals surface area (Å²) in [4.78, 5) is 0. The average molecular weight is 297 g/mol. The van der Waals surface area contributed by atoms with Gasteiger partial charge >= 0.3 is 6.18 Å². The van der Waals surface area contributed by atoms with Crippen LogP contribution in [0.1, 0.15) is 30.2 Å². The molecule has 114 valence electrons. The number of hydrogen-bond donors (Lipinski definition) is 1. The summed E-state index contributed by atoms with van der Waals surface area (Å²) in [7, 11) is 0. The van der Waals surface area contributed by atoms with E-state index in [2.05, 4.69) is 12.2 Å². The molecule has 1 heterocycles. The molecule has 0 saturated heterocycles. The van der Waals surface area contributed by atoms with Gasteiger partial charge in [0.05, 0.1) is 12.1 Å². The highest BCUT2D eigenvalue weighted by Crippen LogP contribution is 2.34. The van der Waals surface area contributed by atoms with Crippen LogP contribution in [0.5, 0.6) is 0 Å². The lowest BCUT2D eigenvalue weighted by Gasteiger charge is -2.10. The fourth-order valence-electron chi connectivity index (χ4n) is 2.07. The van der Waals surface area contributed by atoms with Crippen molar-refractivity contribution in [3.8, 4) is 11.3 Å². The Morgan fingerprint density at radius 2 is 1.90 bits per heavy atom. The molecule has 1 N–H and O–H groups in total. The van der Waals surface area contributed by atoms with Crippen LogP contribution in [0.15, 0.2) is 34.7 Å². The van der Waals surface area contributed by atoms with E-state index in [1.54, 1.807) is 19.1 Å². The Hall–Kier alpha value is -1.75. The Bertz CT molecular complexity index is 602. The molecule has 0 fully saturated rings. The van der Waals surface area contributed by atoms with Crippen LogP contribution in [-0.4, -0.2) is 6.54 Å². The molecule has 0 saturated carbocycles. The molecule has 0 atom stereocenters. The minimum Gasteiger partial charge on any atom is -0.460 e. The van der Waals surface area contributed by atoms with Gasteiger partial charge in [-0.15, -0.1) is 0 Å². The molecule has 0 aliphatic rings. The largest absolute Gasteiger partial charge is 0.460 e. The van der Waals surface area contributed by atoms with Crippen LogP contribution in [-0.2, 0) is 12.7 Å². The molecule has 0 spiro atoms. The number of nitrogens with one attached hydrogen (secondary N) is 1. The van der Waals surface area contributed by atoms with E-state index in [0.29, 0.717) is 17.9 Å². The number of furan rings is 1. The van der Waals surface area contributed by atoms with Crippen LogP contribution in [0.3, 0.4) is 0 Å². The molecule has 0 bridgehead atoms. The second-order valence-corrected chi connectivity index (χ2v) is 4.97. The van der Waals surface area contributed by atoms with Gasteiger partial charge in [0.2, 0.25) is 0 Å². The van der Waals surface area contributed by atoms with Gasteiger partial charge in [-0.3, -0.25) is 0 Å². The zero-order valence-electron chi connectivity index (χ0n) is 12.1. The van der Waals surface area contributed by atoms with E-state index in [1.807, 2.05) is 0 Å². The van der Waals surface area contributed by atoms with Crippen molar-refractivity contribution in [1.82, 2.24) is 5.32 Å². The molecule has 2 nitrogen and oxygen atoms in total. The topological polar surface area (TPSA) is 25.2 Å². The van der Waals surface area contributed by atoms with Crippen molar-refractivity contribution < 1.29 is 17.6 Å².